The smallest absolute Gasteiger partial charge is 0.490 e. The number of carboxylic acid groups (broad SMARTS) is 1. The summed E-state index contributed by atoms with van der Waals surface area (Å²) in [5, 5.41) is 32.5. The first kappa shape index (κ1) is 30.3. The van der Waals surface area contributed by atoms with Crippen molar-refractivity contribution in [3.63, 3.8) is 0 Å². The number of benzene rings is 3. The molecule has 4 rings (SSSR count). The number of fused-ring (bicyclic) bond motifs is 1. The molecule has 214 valence electrons. The summed E-state index contributed by atoms with van der Waals surface area (Å²) in [6, 6.07) is 19.1. The number of carbonyl (C=O) groups excluding carboxylic acids is 1. The molecule has 0 unspecified atom stereocenters. The predicted octanol–water partition coefficient (Wildman–Crippen LogP) is 4.68. The van der Waals surface area contributed by atoms with Gasteiger partial charge in [-0.15, -0.1) is 0 Å². The molecular formula is C27H24F3N5O6. The molecule has 0 aliphatic heterocycles. The van der Waals surface area contributed by atoms with Crippen molar-refractivity contribution >= 4 is 39.9 Å². The first-order chi connectivity index (χ1) is 19.3. The van der Waals surface area contributed by atoms with Crippen molar-refractivity contribution in [2.75, 3.05) is 0 Å². The lowest BCUT2D eigenvalue weighted by Crippen LogP contribution is -2.21. The Morgan fingerprint density at radius 2 is 1.63 bits per heavy atom. The van der Waals surface area contributed by atoms with Crippen LogP contribution in [-0.4, -0.2) is 43.9 Å². The van der Waals surface area contributed by atoms with Crippen LogP contribution < -0.4 is 11.1 Å². The lowest BCUT2D eigenvalue weighted by atomic mass is 9.99. The zero-order chi connectivity index (χ0) is 30.3. The second-order valence-corrected chi connectivity index (χ2v) is 8.58. The van der Waals surface area contributed by atoms with Crippen molar-refractivity contribution in [1.29, 1.82) is 0 Å². The number of non-ortho nitro benzene ring substituents is 1. The molecule has 11 nitrogen and oxygen atoms in total. The molecule has 0 aliphatic carbocycles. The van der Waals surface area contributed by atoms with Crippen LogP contribution in [0.1, 0.15) is 29.2 Å². The second kappa shape index (κ2) is 12.7. The van der Waals surface area contributed by atoms with E-state index in [0.29, 0.717) is 46.5 Å². The standard InChI is InChI=1S/C25H23N5O4.C2HF3O2/c1-15(31)27-14-17-2-6-18(7-3-17)24(28-19-8-4-16(13-26)5-9-19)23-21-12-20(30(33)34)10-11-22(21)29-25(23)32;3-2(4,5)1(6)7/h2-12,29,32H,13-14,26H2,1H3,(H,27,31);(H,6,7). The topological polar surface area (TPSA) is 184 Å². The van der Waals surface area contributed by atoms with Crippen molar-refractivity contribution in [2.24, 2.45) is 10.7 Å². The van der Waals surface area contributed by atoms with Gasteiger partial charge in [-0.05, 0) is 29.3 Å². The quantitative estimate of drug-likeness (QED) is 0.121. The molecule has 3 aromatic carbocycles. The monoisotopic (exact) mass is 571 g/mol. The van der Waals surface area contributed by atoms with Gasteiger partial charge in [0.1, 0.15) is 0 Å². The summed E-state index contributed by atoms with van der Waals surface area (Å²) in [6.45, 7) is 2.24. The van der Waals surface area contributed by atoms with E-state index in [2.05, 4.69) is 10.3 Å². The molecular weight excluding hydrogens is 547 g/mol. The zero-order valence-electron chi connectivity index (χ0n) is 21.4. The Hall–Kier alpha value is -5.24. The van der Waals surface area contributed by atoms with Gasteiger partial charge in [0.25, 0.3) is 5.69 Å². The molecule has 6 N–H and O–H groups in total. The molecule has 0 saturated carbocycles. The molecule has 0 radical (unpaired) electrons. The van der Waals surface area contributed by atoms with Gasteiger partial charge >= 0.3 is 12.1 Å². The molecule has 1 amide bonds. The molecule has 1 heterocycles. The van der Waals surface area contributed by atoms with E-state index in [4.69, 9.17) is 20.6 Å². The predicted molar refractivity (Wildman–Crippen MR) is 144 cm³/mol. The molecule has 0 fully saturated rings. The van der Waals surface area contributed by atoms with Gasteiger partial charge in [0, 0.05) is 48.6 Å². The number of aromatic nitrogens is 1. The SMILES string of the molecule is CC(=O)NCc1ccc(C(=Nc2ccc(CN)cc2)c2c(O)[nH]c3ccc([N+](=O)[O-])cc23)cc1.O=C(O)C(F)(F)F. The molecule has 0 bridgehead atoms. The van der Waals surface area contributed by atoms with E-state index < -0.39 is 17.1 Å². The van der Waals surface area contributed by atoms with E-state index >= 15 is 0 Å². The number of H-pyrrole nitrogens is 1. The summed E-state index contributed by atoms with van der Waals surface area (Å²) < 4.78 is 31.7. The minimum atomic E-state index is -5.08. The highest BCUT2D eigenvalue weighted by Gasteiger charge is 2.38. The van der Waals surface area contributed by atoms with Gasteiger partial charge < -0.3 is 26.2 Å². The van der Waals surface area contributed by atoms with E-state index in [0.717, 1.165) is 11.1 Å². The Balaban J connectivity index is 0.000000587. The number of rotatable bonds is 7. The number of nitro groups is 1. The Morgan fingerprint density at radius 3 is 2.15 bits per heavy atom. The van der Waals surface area contributed by atoms with Crippen molar-refractivity contribution in [1.82, 2.24) is 10.3 Å². The fourth-order valence-electron chi connectivity index (χ4n) is 3.63. The average Bonchev–Trinajstić information content (AvgIpc) is 3.25. The van der Waals surface area contributed by atoms with Crippen LogP contribution in [-0.2, 0) is 22.7 Å². The van der Waals surface area contributed by atoms with Gasteiger partial charge in [0.05, 0.1) is 21.9 Å². The number of nitrogens with two attached hydrogens (primary N) is 1. The van der Waals surface area contributed by atoms with Crippen molar-refractivity contribution in [3.8, 4) is 5.88 Å². The highest BCUT2D eigenvalue weighted by Crippen LogP contribution is 2.33. The summed E-state index contributed by atoms with van der Waals surface area (Å²) >= 11 is 0. The number of amides is 1. The fraction of sp³-hybridized carbons (Fsp3) is 0.148. The van der Waals surface area contributed by atoms with Crippen LogP contribution in [0, 0.1) is 10.1 Å². The number of carboxylic acids is 1. The average molecular weight is 572 g/mol. The molecule has 0 atom stereocenters. The van der Waals surface area contributed by atoms with Gasteiger partial charge in [0.15, 0.2) is 5.88 Å². The summed E-state index contributed by atoms with van der Waals surface area (Å²) in [6.07, 6.45) is -5.08. The van der Waals surface area contributed by atoms with E-state index in [1.165, 1.54) is 19.1 Å². The maximum absolute atomic E-state index is 11.4. The third-order valence-corrected chi connectivity index (χ3v) is 5.63. The number of nitrogens with zero attached hydrogens (tertiary/aromatic N) is 2. The number of halogens is 3. The number of aromatic amines is 1. The number of aliphatic carboxylic acids is 1. The number of carbonyl (C=O) groups is 2. The van der Waals surface area contributed by atoms with Gasteiger partial charge in [-0.1, -0.05) is 36.4 Å². The maximum atomic E-state index is 11.4. The van der Waals surface area contributed by atoms with Crippen LogP contribution in [0.5, 0.6) is 5.88 Å². The number of nitro benzene ring substituents is 1. The lowest BCUT2D eigenvalue weighted by molar-refractivity contribution is -0.384. The molecule has 41 heavy (non-hydrogen) atoms. The van der Waals surface area contributed by atoms with Crippen LogP contribution in [0.2, 0.25) is 0 Å². The Bertz CT molecular complexity index is 1600. The van der Waals surface area contributed by atoms with E-state index in [9.17, 15) is 33.2 Å². The summed E-state index contributed by atoms with van der Waals surface area (Å²) in [4.78, 5) is 38.7. The zero-order valence-corrected chi connectivity index (χ0v) is 21.4. The molecule has 14 heteroatoms. The summed E-state index contributed by atoms with van der Waals surface area (Å²) in [5.41, 5.74) is 10.1. The number of nitrogens with one attached hydrogen (secondary N) is 2. The van der Waals surface area contributed by atoms with Gasteiger partial charge in [-0.3, -0.25) is 14.9 Å². The molecule has 0 aliphatic rings. The Kier molecular flexibility index (Phi) is 9.42. The first-order valence-corrected chi connectivity index (χ1v) is 11.8. The molecule has 4 aromatic rings. The number of aromatic hydroxyl groups is 1. The van der Waals surface area contributed by atoms with E-state index in [1.807, 2.05) is 48.5 Å². The largest absolute Gasteiger partial charge is 0.494 e. The maximum Gasteiger partial charge on any atom is 0.490 e. The number of hydrogen-bond donors (Lipinski definition) is 5. The van der Waals surface area contributed by atoms with Crippen LogP contribution in [0.15, 0.2) is 71.7 Å². The Labute approximate surface area is 230 Å². The van der Waals surface area contributed by atoms with Crippen LogP contribution in [0.3, 0.4) is 0 Å². The fourth-order valence-corrected chi connectivity index (χ4v) is 3.63. The highest BCUT2D eigenvalue weighted by molar-refractivity contribution is 6.22. The number of aliphatic imine (C=N–C) groups is 1. The Morgan fingerprint density at radius 1 is 1.05 bits per heavy atom. The normalized spacial score (nSPS) is 11.5. The summed E-state index contributed by atoms with van der Waals surface area (Å²) in [5.74, 6) is -3.03. The van der Waals surface area contributed by atoms with Crippen LogP contribution >= 0.6 is 0 Å². The van der Waals surface area contributed by atoms with Gasteiger partial charge in [-0.2, -0.15) is 13.2 Å². The third-order valence-electron chi connectivity index (χ3n) is 5.63. The minimum absolute atomic E-state index is 0.0925. The van der Waals surface area contributed by atoms with Crippen LogP contribution in [0.25, 0.3) is 10.9 Å². The third kappa shape index (κ3) is 7.89. The van der Waals surface area contributed by atoms with Gasteiger partial charge in [0.2, 0.25) is 5.91 Å². The molecule has 1 aromatic heterocycles. The van der Waals surface area contributed by atoms with Crippen molar-refractivity contribution in [3.05, 3.63) is 99.1 Å². The highest BCUT2D eigenvalue weighted by atomic mass is 19.4. The van der Waals surface area contributed by atoms with Crippen molar-refractivity contribution in [2.45, 2.75) is 26.2 Å². The van der Waals surface area contributed by atoms with E-state index in [-0.39, 0.29) is 17.5 Å². The minimum Gasteiger partial charge on any atom is -0.494 e. The summed E-state index contributed by atoms with van der Waals surface area (Å²) in [7, 11) is 0. The second-order valence-electron chi connectivity index (χ2n) is 8.58. The van der Waals surface area contributed by atoms with Crippen molar-refractivity contribution < 1.29 is 37.9 Å². The lowest BCUT2D eigenvalue weighted by Gasteiger charge is -2.10. The molecule has 0 saturated heterocycles. The number of hydrogen-bond acceptors (Lipinski definition) is 7. The molecule has 0 spiro atoms. The van der Waals surface area contributed by atoms with E-state index in [1.54, 1.807) is 6.07 Å². The van der Waals surface area contributed by atoms with Crippen LogP contribution in [0.4, 0.5) is 24.5 Å². The first-order valence-electron chi connectivity index (χ1n) is 11.8. The van der Waals surface area contributed by atoms with Gasteiger partial charge in [-0.25, -0.2) is 9.79 Å². The number of alkyl halides is 3.